The molecule has 0 radical (unpaired) electrons. The second-order valence-corrected chi connectivity index (χ2v) is 16.6. The maximum Gasteiger partial charge on any atom is 0.335 e. The average Bonchev–Trinajstić information content (AvgIpc) is 3.60. The Morgan fingerprint density at radius 3 is 1.88 bits per heavy atom. The molecular formula is C42H43NO4S. The number of ketones is 1. The van der Waals surface area contributed by atoms with Gasteiger partial charge in [0.2, 0.25) is 5.78 Å². The Labute approximate surface area is 286 Å². The smallest absolute Gasteiger partial charge is 0.335 e. The van der Waals surface area contributed by atoms with Gasteiger partial charge in [-0.1, -0.05) is 80.2 Å². The summed E-state index contributed by atoms with van der Waals surface area (Å²) in [5.41, 5.74) is 7.09. The number of aromatic carboxylic acids is 1. The number of Topliss-reactive ketones (excluding diaryl/α,β-unsaturated/α-hetero) is 1. The van der Waals surface area contributed by atoms with Crippen LogP contribution in [0.25, 0.3) is 32.4 Å². The molecule has 0 aliphatic heterocycles. The third kappa shape index (κ3) is 5.42. The molecule has 0 fully saturated rings. The van der Waals surface area contributed by atoms with Gasteiger partial charge in [-0.05, 0) is 100 Å². The second-order valence-electron chi connectivity index (χ2n) is 15.5. The van der Waals surface area contributed by atoms with E-state index in [1.165, 1.54) is 33.2 Å². The van der Waals surface area contributed by atoms with E-state index >= 15 is 0 Å². The van der Waals surface area contributed by atoms with Crippen molar-refractivity contribution in [1.82, 2.24) is 4.57 Å². The van der Waals surface area contributed by atoms with E-state index in [1.54, 1.807) is 24.3 Å². The van der Waals surface area contributed by atoms with Gasteiger partial charge in [-0.2, -0.15) is 0 Å². The summed E-state index contributed by atoms with van der Waals surface area (Å²) in [6.45, 7) is 23.4. The van der Waals surface area contributed by atoms with Crippen LogP contribution in [0.5, 0.6) is 0 Å². The van der Waals surface area contributed by atoms with Crippen molar-refractivity contribution in [2.75, 3.05) is 0 Å². The van der Waals surface area contributed by atoms with Gasteiger partial charge in [0.15, 0.2) is 0 Å². The molecule has 2 heterocycles. The first kappa shape index (κ1) is 33.2. The largest absolute Gasteiger partial charge is 0.506 e. The number of nitrogens with zero attached hydrogens (tertiary/aromatic N) is 1. The lowest BCUT2D eigenvalue weighted by Crippen LogP contribution is -2.24. The fraction of sp³-hybridized carbons (Fsp3) is 0.286. The van der Waals surface area contributed by atoms with Gasteiger partial charge in [0, 0.05) is 21.1 Å². The highest BCUT2D eigenvalue weighted by Gasteiger charge is 2.37. The monoisotopic (exact) mass is 657 g/mol. The van der Waals surface area contributed by atoms with Gasteiger partial charge < -0.3 is 14.8 Å². The highest BCUT2D eigenvalue weighted by molar-refractivity contribution is 7.16. The van der Waals surface area contributed by atoms with Crippen molar-refractivity contribution < 1.29 is 19.8 Å². The van der Waals surface area contributed by atoms with Crippen molar-refractivity contribution in [1.29, 1.82) is 0 Å². The van der Waals surface area contributed by atoms with Gasteiger partial charge in [-0.25, -0.2) is 4.79 Å². The lowest BCUT2D eigenvalue weighted by Gasteiger charge is -2.30. The van der Waals surface area contributed by atoms with Crippen molar-refractivity contribution in [3.63, 3.8) is 0 Å². The zero-order valence-corrected chi connectivity index (χ0v) is 30.0. The molecule has 0 spiro atoms. The number of hydrogen-bond acceptors (Lipinski definition) is 4. The average molecular weight is 658 g/mol. The minimum Gasteiger partial charge on any atom is -0.506 e. The molecule has 0 atom stereocenters. The number of thiophene rings is 1. The summed E-state index contributed by atoms with van der Waals surface area (Å²) in [5.74, 6) is -1.29. The number of carbonyl (C=O) groups is 2. The minimum absolute atomic E-state index is 0.00200. The molecule has 6 heteroatoms. The second kappa shape index (κ2) is 11.2. The van der Waals surface area contributed by atoms with Crippen LogP contribution in [0.2, 0.25) is 0 Å². The summed E-state index contributed by atoms with van der Waals surface area (Å²) in [4.78, 5) is 25.9. The topological polar surface area (TPSA) is 79.5 Å². The molecule has 6 rings (SSSR count). The van der Waals surface area contributed by atoms with E-state index in [2.05, 4.69) is 89.1 Å². The molecule has 1 aliphatic carbocycles. The molecule has 5 nitrogen and oxygen atoms in total. The summed E-state index contributed by atoms with van der Waals surface area (Å²) in [7, 11) is 0. The van der Waals surface area contributed by atoms with Gasteiger partial charge in [0.1, 0.15) is 10.8 Å². The Bertz CT molecular complexity index is 2190. The van der Waals surface area contributed by atoms with Crippen molar-refractivity contribution >= 4 is 50.5 Å². The number of aromatic nitrogens is 1. The number of carbonyl (C=O) groups excluding carboxylic acids is 1. The normalized spacial score (nSPS) is 15.1. The molecule has 2 N–H and O–H groups in total. The molecule has 3 aromatic carbocycles. The van der Waals surface area contributed by atoms with E-state index in [4.69, 9.17) is 0 Å². The molecule has 0 saturated carbocycles. The molecule has 2 aromatic heterocycles. The molecule has 0 bridgehead atoms. The molecule has 246 valence electrons. The zero-order chi connectivity index (χ0) is 35.1. The zero-order valence-electron chi connectivity index (χ0n) is 29.2. The molecule has 0 amide bonds. The third-order valence-corrected chi connectivity index (χ3v) is 10.9. The number of rotatable bonds is 6. The van der Waals surface area contributed by atoms with E-state index in [0.717, 1.165) is 27.2 Å². The summed E-state index contributed by atoms with van der Waals surface area (Å²) in [6.07, 6.45) is 1.63. The van der Waals surface area contributed by atoms with Crippen LogP contribution >= 0.6 is 11.3 Å². The van der Waals surface area contributed by atoms with Crippen molar-refractivity contribution in [2.45, 2.75) is 78.6 Å². The fourth-order valence-electron chi connectivity index (χ4n) is 6.52. The molecule has 5 aromatic rings. The number of aryl methyl sites for hydroxylation is 1. The van der Waals surface area contributed by atoms with Crippen LogP contribution in [0, 0.1) is 6.92 Å². The van der Waals surface area contributed by atoms with Gasteiger partial charge in [-0.3, -0.25) is 4.79 Å². The number of benzene rings is 3. The third-order valence-electron chi connectivity index (χ3n) is 9.80. The summed E-state index contributed by atoms with van der Waals surface area (Å²) in [5, 5.41) is 24.1. The van der Waals surface area contributed by atoms with E-state index < -0.39 is 11.4 Å². The van der Waals surface area contributed by atoms with Gasteiger partial charge in [0.05, 0.1) is 27.7 Å². The quantitative estimate of drug-likeness (QED) is 0.178. The fourth-order valence-corrected chi connectivity index (χ4v) is 7.59. The van der Waals surface area contributed by atoms with Gasteiger partial charge in [0.25, 0.3) is 0 Å². The molecule has 48 heavy (non-hydrogen) atoms. The number of allylic oxidation sites excluding steroid dienone is 4. The molecule has 1 aliphatic rings. The number of carboxylic acids is 1. The van der Waals surface area contributed by atoms with Crippen LogP contribution in [0.1, 0.15) is 92.9 Å². The van der Waals surface area contributed by atoms with Crippen LogP contribution in [0.15, 0.2) is 96.3 Å². The van der Waals surface area contributed by atoms with Crippen molar-refractivity contribution in [3.8, 4) is 5.00 Å². The maximum atomic E-state index is 13.6. The molecule has 0 unspecified atom stereocenters. The Morgan fingerprint density at radius 2 is 1.38 bits per heavy atom. The number of hydrogen-bond donors (Lipinski definition) is 2. The SMILES string of the molecule is C=C(/C=C1\C(=O)C(c2ccc(-n3c4ccc(C(C)(C)C)cc4c4cc(C(C)(C)C)ccc43)s2)=C1O)C(C)(C)c1cc(C(=O)O)ccc1C. The standard InChI is InChI=1S/C42H43NO4S/c1-23-11-12-25(39(46)47)20-31(23)42(9,10)24(2)19-30-37(44)36(38(30)45)34-17-18-35(48-34)43-32-15-13-26(40(3,4)5)21-28(32)29-22-27(41(6,7)8)14-16-33(29)43/h11-22,44H,2H2,1,3-10H3,(H,46,47)/b30-19-. The summed E-state index contributed by atoms with van der Waals surface area (Å²) in [6, 6.07) is 22.3. The Balaban J connectivity index is 1.40. The van der Waals surface area contributed by atoms with Gasteiger partial charge in [-0.15, -0.1) is 11.3 Å². The molecule has 0 saturated heterocycles. The van der Waals surface area contributed by atoms with Crippen LogP contribution < -0.4 is 0 Å². The lowest BCUT2D eigenvalue weighted by molar-refractivity contribution is -0.111. The van der Waals surface area contributed by atoms with Crippen LogP contribution in [-0.2, 0) is 21.0 Å². The van der Waals surface area contributed by atoms with Crippen LogP contribution in [0.3, 0.4) is 0 Å². The summed E-state index contributed by atoms with van der Waals surface area (Å²) < 4.78 is 2.26. The molecular weight excluding hydrogens is 615 g/mol. The van der Waals surface area contributed by atoms with Crippen molar-refractivity contribution in [3.05, 3.63) is 129 Å². The van der Waals surface area contributed by atoms with Gasteiger partial charge >= 0.3 is 5.97 Å². The Morgan fingerprint density at radius 1 is 0.812 bits per heavy atom. The maximum absolute atomic E-state index is 13.6. The predicted octanol–water partition coefficient (Wildman–Crippen LogP) is 10.8. The number of carboxylic acid groups (broad SMARTS) is 1. The number of aliphatic hydroxyl groups is 1. The highest BCUT2D eigenvalue weighted by atomic mass is 32.1. The van der Waals surface area contributed by atoms with E-state index in [0.29, 0.717) is 16.0 Å². The first-order chi connectivity index (χ1) is 22.3. The van der Waals surface area contributed by atoms with Crippen LogP contribution in [-0.4, -0.2) is 26.5 Å². The first-order valence-electron chi connectivity index (χ1n) is 16.2. The van der Waals surface area contributed by atoms with E-state index in [9.17, 15) is 19.8 Å². The lowest BCUT2D eigenvalue weighted by atomic mass is 9.74. The van der Waals surface area contributed by atoms with E-state index in [-0.39, 0.29) is 33.5 Å². The Kier molecular flexibility index (Phi) is 7.75. The van der Waals surface area contributed by atoms with Crippen LogP contribution in [0.4, 0.5) is 0 Å². The minimum atomic E-state index is -1.00. The number of fused-ring (bicyclic) bond motifs is 3. The summed E-state index contributed by atoms with van der Waals surface area (Å²) >= 11 is 1.48. The van der Waals surface area contributed by atoms with Crippen molar-refractivity contribution in [2.24, 2.45) is 0 Å². The first-order valence-corrected chi connectivity index (χ1v) is 17.1. The predicted molar refractivity (Wildman–Crippen MR) is 199 cm³/mol. The van der Waals surface area contributed by atoms with E-state index in [1.807, 2.05) is 32.9 Å². The Hall–Kier alpha value is -4.68. The highest BCUT2D eigenvalue weighted by Crippen LogP contribution is 2.44. The number of aliphatic hydroxyl groups excluding tert-OH is 1.